The highest BCUT2D eigenvalue weighted by molar-refractivity contribution is 7.90. The molecule has 4 aliphatic rings. The Bertz CT molecular complexity index is 3290. The Hall–Kier alpha value is -7.82. The van der Waals surface area contributed by atoms with E-state index in [9.17, 15) is 72.3 Å². The number of esters is 1. The first-order valence-electron chi connectivity index (χ1n) is 24.1. The number of aryl methyl sites for hydroxylation is 1. The maximum Gasteiger partial charge on any atom is 0.412 e. The zero-order chi connectivity index (χ0) is 55.8. The van der Waals surface area contributed by atoms with Crippen LogP contribution in [0.3, 0.4) is 0 Å². The first kappa shape index (κ1) is 55.4. The molecule has 8 rings (SSSR count). The fourth-order valence-corrected chi connectivity index (χ4v) is 9.74. The van der Waals surface area contributed by atoms with Crippen molar-refractivity contribution in [2.45, 2.75) is 89.2 Å². The summed E-state index contributed by atoms with van der Waals surface area (Å²) in [6.07, 6.45) is -7.90. The number of cyclic esters (lactones) is 1. The van der Waals surface area contributed by atoms with Gasteiger partial charge in [-0.05, 0) is 60.4 Å². The maximum atomic E-state index is 13.8. The van der Waals surface area contributed by atoms with Crippen LogP contribution >= 0.6 is 0 Å². The number of aromatic nitrogens is 2. The molecule has 4 aliphatic heterocycles. The molecule has 0 spiro atoms. The van der Waals surface area contributed by atoms with Crippen LogP contribution in [0.15, 0.2) is 59.4 Å². The normalized spacial score (nSPS) is 21.5. The molecule has 0 bridgehead atoms. The summed E-state index contributed by atoms with van der Waals surface area (Å²) < 4.78 is 54.0. The van der Waals surface area contributed by atoms with Crippen LogP contribution in [0.1, 0.15) is 54.5 Å². The van der Waals surface area contributed by atoms with Gasteiger partial charge in [0.2, 0.25) is 18.1 Å². The van der Waals surface area contributed by atoms with Gasteiger partial charge in [-0.15, -0.1) is 0 Å². The number of sulfone groups is 1. The van der Waals surface area contributed by atoms with Crippen molar-refractivity contribution in [2.24, 2.45) is 0 Å². The highest BCUT2D eigenvalue weighted by Crippen LogP contribution is 2.41. The number of carboxylic acids is 1. The SMILES string of the molecule is CCc1c2c(nc3ccc(OCN(CCS(C)(=O)=O)C(=O)OCc4ccc(OC5O[C@H](C(=O)O)[C@@H](O)C(O)[C@H]5O)c(NC(=O)CN(C)C(=O)CCN5C(=O)C=CC5=O)c4)cc13)-c1cc3c(c(=O)n1C2)COC(=O)[C@]3(O)CC. The number of amides is 5. The minimum Gasteiger partial charge on any atom is -0.479 e. The zero-order valence-electron chi connectivity index (χ0n) is 41.9. The summed E-state index contributed by atoms with van der Waals surface area (Å²) >= 11 is 0. The van der Waals surface area contributed by atoms with E-state index >= 15 is 0 Å². The Morgan fingerprint density at radius 3 is 2.36 bits per heavy atom. The summed E-state index contributed by atoms with van der Waals surface area (Å²) in [5.74, 6) is -5.75. The molecule has 2 unspecified atom stereocenters. The third kappa shape index (κ3) is 11.4. The molecule has 0 aliphatic carbocycles. The molecular weight excluding hydrogens is 1040 g/mol. The molecule has 77 heavy (non-hydrogen) atoms. The average Bonchev–Trinajstić information content (AvgIpc) is 4.11. The van der Waals surface area contributed by atoms with Crippen LogP contribution in [0.2, 0.25) is 0 Å². The summed E-state index contributed by atoms with van der Waals surface area (Å²) in [5, 5.41) is 55.3. The Kier molecular flexibility index (Phi) is 15.9. The summed E-state index contributed by atoms with van der Waals surface area (Å²) in [7, 11) is -2.36. The average molecular weight is 1090 g/mol. The van der Waals surface area contributed by atoms with E-state index in [0.29, 0.717) is 28.7 Å². The van der Waals surface area contributed by atoms with Crippen LogP contribution < -0.4 is 20.3 Å². The van der Waals surface area contributed by atoms with Gasteiger partial charge >= 0.3 is 18.0 Å². The predicted octanol–water partition coefficient (Wildman–Crippen LogP) is -0.355. The summed E-state index contributed by atoms with van der Waals surface area (Å²) in [5.41, 5.74) is 0.883. The van der Waals surface area contributed by atoms with E-state index in [0.717, 1.165) is 44.2 Å². The molecule has 27 heteroatoms. The van der Waals surface area contributed by atoms with Gasteiger partial charge in [-0.25, -0.2) is 27.8 Å². The van der Waals surface area contributed by atoms with Gasteiger partial charge in [-0.2, -0.15) is 0 Å². The number of pyridine rings is 2. The van der Waals surface area contributed by atoms with E-state index in [1.165, 1.54) is 29.8 Å². The first-order chi connectivity index (χ1) is 36.4. The van der Waals surface area contributed by atoms with Gasteiger partial charge in [0.05, 0.1) is 47.0 Å². The second-order valence-corrected chi connectivity index (χ2v) is 20.9. The summed E-state index contributed by atoms with van der Waals surface area (Å²) in [4.78, 5) is 110. The maximum absolute atomic E-state index is 13.8. The molecule has 6 atom stereocenters. The Balaban J connectivity index is 0.994. The number of aliphatic hydroxyl groups is 4. The molecule has 410 valence electrons. The van der Waals surface area contributed by atoms with E-state index in [-0.39, 0.29) is 73.0 Å². The fourth-order valence-electron chi connectivity index (χ4n) is 9.19. The quantitative estimate of drug-likeness (QED) is 0.0349. The Morgan fingerprint density at radius 2 is 1.69 bits per heavy atom. The smallest absolute Gasteiger partial charge is 0.412 e. The van der Waals surface area contributed by atoms with Gasteiger partial charge in [0.25, 0.3) is 17.4 Å². The number of aliphatic hydroxyl groups excluding tert-OH is 3. The van der Waals surface area contributed by atoms with E-state index in [1.54, 1.807) is 31.2 Å². The number of likely N-dealkylation sites (N-methyl/N-ethyl adjacent to an activating group) is 1. The van der Waals surface area contributed by atoms with Crippen molar-refractivity contribution in [3.8, 4) is 22.9 Å². The largest absolute Gasteiger partial charge is 0.479 e. The van der Waals surface area contributed by atoms with Gasteiger partial charge in [0.15, 0.2) is 18.4 Å². The molecular formula is C50H54N6O20S. The van der Waals surface area contributed by atoms with Crippen LogP contribution in [0.4, 0.5) is 10.5 Å². The number of carbonyl (C=O) groups excluding carboxylic acids is 6. The van der Waals surface area contributed by atoms with Crippen LogP contribution in [0.5, 0.6) is 11.5 Å². The molecule has 0 radical (unpaired) electrons. The molecule has 1 fully saturated rings. The number of fused-ring (bicyclic) bond motifs is 5. The van der Waals surface area contributed by atoms with Crippen molar-refractivity contribution in [3.05, 3.63) is 92.8 Å². The minimum absolute atomic E-state index is 0.0214. The second kappa shape index (κ2) is 22.0. The molecule has 4 aromatic rings. The van der Waals surface area contributed by atoms with E-state index < -0.39 is 119 Å². The first-order valence-corrected chi connectivity index (χ1v) is 26.1. The molecule has 6 N–H and O–H groups in total. The predicted molar refractivity (Wildman–Crippen MR) is 264 cm³/mol. The highest BCUT2D eigenvalue weighted by atomic mass is 32.2. The van der Waals surface area contributed by atoms with Crippen LogP contribution in [0.25, 0.3) is 22.3 Å². The lowest BCUT2D eigenvalue weighted by atomic mass is 9.86. The number of anilines is 1. The van der Waals surface area contributed by atoms with Gasteiger partial charge in [0.1, 0.15) is 52.9 Å². The second-order valence-electron chi connectivity index (χ2n) is 18.7. The van der Waals surface area contributed by atoms with Crippen molar-refractivity contribution < 1.29 is 91.2 Å². The number of hydrogen-bond acceptors (Lipinski definition) is 20. The Labute approximate surface area is 437 Å². The number of nitrogens with one attached hydrogen (secondary N) is 1. The third-order valence-electron chi connectivity index (χ3n) is 13.5. The number of carboxylic acid groups (broad SMARTS) is 1. The lowest BCUT2D eigenvalue weighted by molar-refractivity contribution is -0.271. The van der Waals surface area contributed by atoms with Crippen LogP contribution in [-0.4, -0.2) is 176 Å². The minimum atomic E-state index is -3.64. The number of nitrogens with zero attached hydrogens (tertiary/aromatic N) is 5. The van der Waals surface area contributed by atoms with Crippen LogP contribution in [0, 0.1) is 0 Å². The van der Waals surface area contributed by atoms with Crippen molar-refractivity contribution in [1.29, 1.82) is 0 Å². The van der Waals surface area contributed by atoms with Gasteiger partial charge in [0, 0.05) is 61.5 Å². The molecule has 0 saturated carbocycles. The number of hydrogen-bond donors (Lipinski definition) is 6. The van der Waals surface area contributed by atoms with Gasteiger partial charge < -0.3 is 64.0 Å². The molecule has 26 nitrogen and oxygen atoms in total. The third-order valence-corrected chi connectivity index (χ3v) is 14.4. The van der Waals surface area contributed by atoms with Gasteiger partial charge in [-0.3, -0.25) is 33.8 Å². The lowest BCUT2D eigenvalue weighted by Gasteiger charge is -2.38. The van der Waals surface area contributed by atoms with Crippen LogP contribution in [-0.2, 0) is 84.6 Å². The molecule has 6 heterocycles. The molecule has 2 aromatic carbocycles. The number of carbonyl (C=O) groups is 7. The Morgan fingerprint density at radius 1 is 0.961 bits per heavy atom. The standard InChI is InChI=1S/C50H54N6O20S/c1-5-27-28-18-26(8-9-32(28)52-40-29(27)20-56-34(40)19-31-30(45(56)64)23-72-48(67)50(31,69)6-2)74-24-54(15-16-77(4,70)71)49(68)73-22-25-7-10-35(75-47-43(63)41(61)42(62)44(76-47)46(65)66)33(17-25)51-36(57)21-53(3)37(58)13-14-55-38(59)11-12-39(55)60/h7-12,17-19,41-44,47,61-63,69H,5-6,13-16,20-24H2,1-4H3,(H,51,57)(H,65,66)/t41?,42-,43+,44-,47?,50-/m0/s1. The fraction of sp³-hybridized carbons (Fsp3) is 0.420. The number of rotatable bonds is 19. The topological polar surface area (TPSA) is 358 Å². The number of ether oxygens (including phenoxy) is 5. The van der Waals surface area contributed by atoms with E-state index in [1.807, 2.05) is 6.92 Å². The summed E-state index contributed by atoms with van der Waals surface area (Å²) in [6.45, 7) is 1.10. The number of imide groups is 1. The number of benzene rings is 2. The summed E-state index contributed by atoms with van der Waals surface area (Å²) in [6, 6.07) is 10.3. The molecule has 1 saturated heterocycles. The zero-order valence-corrected chi connectivity index (χ0v) is 42.7. The van der Waals surface area contributed by atoms with Crippen molar-refractivity contribution in [2.75, 3.05) is 50.7 Å². The lowest BCUT2D eigenvalue weighted by Crippen LogP contribution is -2.61. The number of aliphatic carboxylic acids is 1. The van der Waals surface area contributed by atoms with Crippen molar-refractivity contribution in [1.82, 2.24) is 24.3 Å². The monoisotopic (exact) mass is 1090 g/mol. The van der Waals surface area contributed by atoms with Crippen molar-refractivity contribution in [3.63, 3.8) is 0 Å². The van der Waals surface area contributed by atoms with E-state index in [2.05, 4.69) is 5.32 Å². The molecule has 2 aromatic heterocycles. The molecule has 5 amide bonds. The van der Waals surface area contributed by atoms with Gasteiger partial charge in [-0.1, -0.05) is 19.9 Å². The van der Waals surface area contributed by atoms with Crippen molar-refractivity contribution >= 4 is 68.1 Å². The highest BCUT2D eigenvalue weighted by Gasteiger charge is 2.49. The van der Waals surface area contributed by atoms with E-state index in [4.69, 9.17) is 28.7 Å².